The first-order valence-corrected chi connectivity index (χ1v) is 12.4. The zero-order valence-corrected chi connectivity index (χ0v) is 19.3. The maximum atomic E-state index is 11.5. The summed E-state index contributed by atoms with van der Waals surface area (Å²) < 4.78 is 1.99. The highest BCUT2D eigenvalue weighted by molar-refractivity contribution is 5.56. The van der Waals surface area contributed by atoms with E-state index in [9.17, 15) is 10.2 Å². The van der Waals surface area contributed by atoms with E-state index in [4.69, 9.17) is 0 Å². The second-order valence-electron chi connectivity index (χ2n) is 11.5. The minimum absolute atomic E-state index is 0.0129. The number of fused-ring (bicyclic) bond motifs is 5. The van der Waals surface area contributed by atoms with Crippen molar-refractivity contribution in [2.75, 3.05) is 0 Å². The minimum atomic E-state index is -0.327. The molecule has 4 aliphatic rings. The van der Waals surface area contributed by atoms with Crippen molar-refractivity contribution in [3.05, 3.63) is 23.0 Å². The van der Waals surface area contributed by atoms with Crippen LogP contribution in [0.5, 0.6) is 0 Å². The largest absolute Gasteiger partial charge is 0.393 e. The summed E-state index contributed by atoms with van der Waals surface area (Å²) in [6, 6.07) is 0. The number of rotatable bonds is 2. The van der Waals surface area contributed by atoms with Gasteiger partial charge in [0.2, 0.25) is 0 Å². The van der Waals surface area contributed by atoms with Crippen LogP contribution in [0.4, 0.5) is 0 Å². The lowest BCUT2D eigenvalue weighted by Gasteiger charge is -2.60. The summed E-state index contributed by atoms with van der Waals surface area (Å²) in [6.45, 7) is 9.97. The summed E-state index contributed by atoms with van der Waals surface area (Å²) in [7, 11) is 0. The van der Waals surface area contributed by atoms with Crippen LogP contribution < -0.4 is 0 Å². The van der Waals surface area contributed by atoms with Crippen LogP contribution >= 0.6 is 0 Å². The van der Waals surface area contributed by atoms with Crippen molar-refractivity contribution in [2.45, 2.75) is 97.8 Å². The first kappa shape index (κ1) is 20.8. The van der Waals surface area contributed by atoms with Crippen LogP contribution in [0, 0.1) is 41.4 Å². The van der Waals surface area contributed by atoms with E-state index in [1.165, 1.54) is 36.8 Å². The zero-order chi connectivity index (χ0) is 21.3. The molecule has 166 valence electrons. The number of aromatic nitrogens is 2. The van der Waals surface area contributed by atoms with Gasteiger partial charge < -0.3 is 10.2 Å². The van der Waals surface area contributed by atoms with Crippen molar-refractivity contribution < 1.29 is 10.2 Å². The van der Waals surface area contributed by atoms with Gasteiger partial charge >= 0.3 is 0 Å². The second-order valence-corrected chi connectivity index (χ2v) is 11.5. The van der Waals surface area contributed by atoms with Gasteiger partial charge in [-0.15, -0.1) is 0 Å². The van der Waals surface area contributed by atoms with E-state index in [-0.39, 0.29) is 17.6 Å². The Morgan fingerprint density at radius 1 is 1.10 bits per heavy atom. The molecule has 0 radical (unpaired) electrons. The number of aliphatic hydroxyl groups excluding tert-OH is 2. The Labute approximate surface area is 181 Å². The summed E-state index contributed by atoms with van der Waals surface area (Å²) >= 11 is 0. The molecule has 4 nitrogen and oxygen atoms in total. The van der Waals surface area contributed by atoms with Gasteiger partial charge in [0.15, 0.2) is 0 Å². The number of nitrogens with zero attached hydrogens (tertiary/aromatic N) is 2. The molecule has 0 unspecified atom stereocenters. The van der Waals surface area contributed by atoms with Gasteiger partial charge in [-0.3, -0.25) is 4.68 Å². The highest BCUT2D eigenvalue weighted by Crippen LogP contribution is 2.67. The summed E-state index contributed by atoms with van der Waals surface area (Å²) in [6.07, 6.45) is 13.1. The van der Waals surface area contributed by atoms with Gasteiger partial charge in [0.05, 0.1) is 17.9 Å². The zero-order valence-electron chi connectivity index (χ0n) is 19.3. The Balaban J connectivity index is 1.44. The molecule has 1 heterocycles. The Kier molecular flexibility index (Phi) is 4.98. The third-order valence-corrected chi connectivity index (χ3v) is 10.2. The molecule has 5 rings (SSSR count). The monoisotopic (exact) mass is 412 g/mol. The maximum absolute atomic E-state index is 11.5. The highest BCUT2D eigenvalue weighted by atomic mass is 16.3. The fourth-order valence-electron chi connectivity index (χ4n) is 8.27. The van der Waals surface area contributed by atoms with Crippen molar-refractivity contribution in [3.8, 4) is 0 Å². The van der Waals surface area contributed by atoms with E-state index >= 15 is 0 Å². The van der Waals surface area contributed by atoms with Gasteiger partial charge in [-0.25, -0.2) is 0 Å². The predicted octanol–water partition coefficient (Wildman–Crippen LogP) is 4.97. The molecule has 4 aliphatic carbocycles. The van der Waals surface area contributed by atoms with E-state index in [2.05, 4.69) is 45.1 Å². The number of hydrogen-bond acceptors (Lipinski definition) is 3. The lowest BCUT2D eigenvalue weighted by Crippen LogP contribution is -2.54. The molecule has 0 spiro atoms. The summed E-state index contributed by atoms with van der Waals surface area (Å²) in [5.41, 5.74) is 3.86. The summed E-state index contributed by atoms with van der Waals surface area (Å²) in [5, 5.41) is 26.3. The van der Waals surface area contributed by atoms with Crippen molar-refractivity contribution in [1.29, 1.82) is 0 Å². The topological polar surface area (TPSA) is 58.3 Å². The van der Waals surface area contributed by atoms with Crippen LogP contribution in [0.3, 0.4) is 0 Å². The van der Waals surface area contributed by atoms with Gasteiger partial charge in [-0.2, -0.15) is 5.10 Å². The van der Waals surface area contributed by atoms with Crippen molar-refractivity contribution in [2.24, 2.45) is 34.5 Å². The first-order valence-electron chi connectivity index (χ1n) is 12.4. The molecule has 1 aromatic rings. The molecule has 0 amide bonds. The van der Waals surface area contributed by atoms with Gasteiger partial charge in [-0.1, -0.05) is 13.8 Å². The quantitative estimate of drug-likeness (QED) is 0.721. The smallest absolute Gasteiger partial charge is 0.0809 e. The van der Waals surface area contributed by atoms with E-state index in [1.54, 1.807) is 0 Å². The second kappa shape index (κ2) is 7.20. The lowest BCUT2D eigenvalue weighted by atomic mass is 9.45. The summed E-state index contributed by atoms with van der Waals surface area (Å²) in [4.78, 5) is 0. The van der Waals surface area contributed by atoms with Gasteiger partial charge in [-0.05, 0) is 106 Å². The number of aryl methyl sites for hydroxylation is 2. The molecule has 0 saturated heterocycles. The molecule has 2 N–H and O–H groups in total. The summed E-state index contributed by atoms with van der Waals surface area (Å²) in [5.74, 6) is 2.76. The van der Waals surface area contributed by atoms with E-state index in [0.29, 0.717) is 17.3 Å². The molecule has 0 aliphatic heterocycles. The normalized spacial score (nSPS) is 47.1. The third-order valence-electron chi connectivity index (χ3n) is 10.2. The molecular weight excluding hydrogens is 372 g/mol. The molecule has 4 heteroatoms. The Hall–Kier alpha value is -1.13. The van der Waals surface area contributed by atoms with Crippen LogP contribution in [0.25, 0.3) is 6.08 Å². The first-order chi connectivity index (χ1) is 14.3. The van der Waals surface area contributed by atoms with Crippen LogP contribution in [-0.4, -0.2) is 32.2 Å². The van der Waals surface area contributed by atoms with Crippen molar-refractivity contribution in [3.63, 3.8) is 0 Å². The highest BCUT2D eigenvalue weighted by Gasteiger charge is 2.61. The lowest BCUT2D eigenvalue weighted by molar-refractivity contribution is -0.133. The number of aliphatic hydroxyl groups is 2. The fraction of sp³-hybridized carbons (Fsp3) is 0.808. The molecule has 1 aromatic heterocycles. The van der Waals surface area contributed by atoms with Gasteiger partial charge in [0.1, 0.15) is 0 Å². The molecule has 8 atom stereocenters. The average Bonchev–Trinajstić information content (AvgIpc) is 3.20. The minimum Gasteiger partial charge on any atom is -0.393 e. The Bertz CT molecular complexity index is 844. The predicted molar refractivity (Wildman–Crippen MR) is 120 cm³/mol. The van der Waals surface area contributed by atoms with E-state index in [0.717, 1.165) is 49.8 Å². The molecule has 4 saturated carbocycles. The maximum Gasteiger partial charge on any atom is 0.0809 e. The van der Waals surface area contributed by atoms with Crippen molar-refractivity contribution >= 4 is 6.08 Å². The average molecular weight is 413 g/mol. The molecule has 0 bridgehead atoms. The Morgan fingerprint density at radius 2 is 1.87 bits per heavy atom. The van der Waals surface area contributed by atoms with Gasteiger partial charge in [0.25, 0.3) is 0 Å². The standard InChI is InChI=1S/C26H40N2O2/c1-5-28-15-18(16(2)27-28)12-17-13-23-21-7-6-19-14-20(29)8-10-25(19,3)22(21)9-11-26(23,4)24(17)30/h12,15,19-24,29-30H,5-11,13-14H2,1-4H3/b17-12-/t19-,20-,21-,22+,23+,24+,25-,26+/m0/s1. The van der Waals surface area contributed by atoms with Crippen LogP contribution in [0.15, 0.2) is 11.8 Å². The van der Waals surface area contributed by atoms with E-state index in [1.807, 2.05) is 4.68 Å². The molecular formula is C26H40N2O2. The molecule has 4 fully saturated rings. The van der Waals surface area contributed by atoms with Crippen LogP contribution in [-0.2, 0) is 6.54 Å². The van der Waals surface area contributed by atoms with Crippen LogP contribution in [0.1, 0.15) is 83.4 Å². The van der Waals surface area contributed by atoms with E-state index < -0.39 is 0 Å². The molecule has 30 heavy (non-hydrogen) atoms. The molecule has 0 aromatic carbocycles. The SMILES string of the molecule is CCn1cc(/C=C2/C[C@@H]3[C@H]4CC[C@H]5C[C@@H](O)CC[C@]5(C)[C@@H]4CC[C@@]3(C)[C@@H]2O)c(C)n1. The van der Waals surface area contributed by atoms with Crippen LogP contribution in [0.2, 0.25) is 0 Å². The Morgan fingerprint density at radius 3 is 2.60 bits per heavy atom. The third kappa shape index (κ3) is 2.97. The van der Waals surface area contributed by atoms with Crippen molar-refractivity contribution in [1.82, 2.24) is 9.78 Å². The fourth-order valence-corrected chi connectivity index (χ4v) is 8.27. The number of hydrogen-bond donors (Lipinski definition) is 2. The van der Waals surface area contributed by atoms with Gasteiger partial charge in [0, 0.05) is 23.7 Å².